The van der Waals surface area contributed by atoms with Crippen LogP contribution in [0.25, 0.3) is 0 Å². The fraction of sp³-hybridized carbons (Fsp3) is 0.700. The Morgan fingerprint density at radius 1 is 1.57 bits per heavy atom. The van der Waals surface area contributed by atoms with Gasteiger partial charge in [0.05, 0.1) is 6.54 Å². The van der Waals surface area contributed by atoms with Gasteiger partial charge in [-0.05, 0) is 26.3 Å². The monoisotopic (exact) mass is 259 g/mol. The van der Waals surface area contributed by atoms with E-state index in [9.17, 15) is 0 Å². The second-order valence-electron chi connectivity index (χ2n) is 3.73. The van der Waals surface area contributed by atoms with Crippen LogP contribution in [0.2, 0.25) is 0 Å². The number of halogens is 1. The summed E-state index contributed by atoms with van der Waals surface area (Å²) in [5, 5.41) is 3.50. The lowest BCUT2D eigenvalue weighted by Gasteiger charge is -2.05. The predicted octanol–water partition coefficient (Wildman–Crippen LogP) is -2.45. The summed E-state index contributed by atoms with van der Waals surface area (Å²) in [6.07, 6.45) is 9.13. The maximum Gasteiger partial charge on any atom is 0.243 e. The zero-order valence-corrected chi connectivity index (χ0v) is 10.2. The maximum absolute atomic E-state index is 3.50. The summed E-state index contributed by atoms with van der Waals surface area (Å²) in [7, 11) is 0. The summed E-state index contributed by atoms with van der Waals surface area (Å²) in [5.41, 5.74) is 0. The second kappa shape index (κ2) is 5.51. The minimum absolute atomic E-state index is 0. The van der Waals surface area contributed by atoms with Crippen molar-refractivity contribution in [2.45, 2.75) is 38.9 Å². The molecule has 1 aromatic rings. The quantitative estimate of drug-likeness (QED) is 0.599. The molecule has 1 saturated heterocycles. The molecule has 14 heavy (non-hydrogen) atoms. The summed E-state index contributed by atoms with van der Waals surface area (Å²) in [6.45, 7) is 5.54. The number of nitrogens with one attached hydrogen (secondary N) is 1. The summed E-state index contributed by atoms with van der Waals surface area (Å²) in [5.74, 6) is 0. The van der Waals surface area contributed by atoms with E-state index < -0.39 is 0 Å². The second-order valence-corrected chi connectivity index (χ2v) is 3.73. The van der Waals surface area contributed by atoms with E-state index in [0.29, 0.717) is 6.04 Å². The van der Waals surface area contributed by atoms with Crippen molar-refractivity contribution in [1.82, 2.24) is 9.88 Å². The van der Waals surface area contributed by atoms with Crippen LogP contribution in [0.3, 0.4) is 0 Å². The molecule has 1 N–H and O–H groups in total. The van der Waals surface area contributed by atoms with Crippen molar-refractivity contribution >= 4 is 0 Å². The molecule has 0 unspecified atom stereocenters. The third kappa shape index (κ3) is 2.82. The van der Waals surface area contributed by atoms with Gasteiger partial charge in [0.1, 0.15) is 18.9 Å². The normalized spacial score (nSPS) is 20.8. The van der Waals surface area contributed by atoms with Crippen molar-refractivity contribution in [2.24, 2.45) is 0 Å². The van der Waals surface area contributed by atoms with Gasteiger partial charge in [0.15, 0.2) is 0 Å². The first-order valence-electron chi connectivity index (χ1n) is 5.16. The molecule has 1 aromatic heterocycles. The van der Waals surface area contributed by atoms with Crippen LogP contribution in [-0.4, -0.2) is 17.2 Å². The van der Waals surface area contributed by atoms with Gasteiger partial charge in [-0.25, -0.2) is 9.13 Å². The smallest absolute Gasteiger partial charge is 0.243 e. The van der Waals surface area contributed by atoms with E-state index in [2.05, 4.69) is 40.1 Å². The van der Waals surface area contributed by atoms with E-state index >= 15 is 0 Å². The zero-order valence-electron chi connectivity index (χ0n) is 8.62. The Morgan fingerprint density at radius 2 is 2.43 bits per heavy atom. The number of hydrogen-bond donors (Lipinski definition) is 1. The molecule has 1 atom stereocenters. The average Bonchev–Trinajstić information content (AvgIpc) is 2.76. The van der Waals surface area contributed by atoms with Gasteiger partial charge in [0.2, 0.25) is 6.33 Å². The fourth-order valence-electron chi connectivity index (χ4n) is 1.90. The number of nitrogens with zero attached hydrogens (tertiary/aromatic N) is 2. The summed E-state index contributed by atoms with van der Waals surface area (Å²) in [4.78, 5) is 0. The number of rotatable bonds is 3. The van der Waals surface area contributed by atoms with Gasteiger partial charge in [-0.3, -0.25) is 0 Å². The number of aromatic nitrogens is 2. The van der Waals surface area contributed by atoms with Crippen LogP contribution < -0.4 is 26.9 Å². The lowest BCUT2D eigenvalue weighted by molar-refractivity contribution is -0.698. The van der Waals surface area contributed by atoms with E-state index in [-0.39, 0.29) is 17.0 Å². The molecular formula is C10H18BrN3. The molecule has 1 aliphatic rings. The number of imidazole rings is 1. The van der Waals surface area contributed by atoms with Gasteiger partial charge in [0.25, 0.3) is 0 Å². The molecule has 2 heterocycles. The van der Waals surface area contributed by atoms with Gasteiger partial charge < -0.3 is 22.3 Å². The molecule has 0 aliphatic carbocycles. The molecule has 1 aliphatic heterocycles. The van der Waals surface area contributed by atoms with Gasteiger partial charge in [-0.2, -0.15) is 0 Å². The summed E-state index contributed by atoms with van der Waals surface area (Å²) < 4.78 is 4.47. The highest BCUT2D eigenvalue weighted by Gasteiger charge is 2.16. The highest BCUT2D eigenvalue weighted by molar-refractivity contribution is 4.71. The summed E-state index contributed by atoms with van der Waals surface area (Å²) in [6, 6.07) is 0.692. The highest BCUT2D eigenvalue weighted by Crippen LogP contribution is 2.04. The molecule has 2 rings (SSSR count). The Morgan fingerprint density at radius 3 is 3.00 bits per heavy atom. The Bertz CT molecular complexity index is 266. The van der Waals surface area contributed by atoms with Crippen LogP contribution >= 0.6 is 0 Å². The first-order valence-corrected chi connectivity index (χ1v) is 5.16. The van der Waals surface area contributed by atoms with Crippen molar-refractivity contribution in [3.63, 3.8) is 0 Å². The Kier molecular flexibility index (Phi) is 4.62. The summed E-state index contributed by atoms with van der Waals surface area (Å²) >= 11 is 0. The van der Waals surface area contributed by atoms with Gasteiger partial charge in [-0.1, -0.05) is 0 Å². The van der Waals surface area contributed by atoms with Crippen molar-refractivity contribution in [3.05, 3.63) is 18.7 Å². The molecule has 0 saturated carbocycles. The largest absolute Gasteiger partial charge is 1.00 e. The molecule has 3 nitrogen and oxygen atoms in total. The molecule has 80 valence electrons. The minimum atomic E-state index is 0. The topological polar surface area (TPSA) is 20.8 Å². The highest BCUT2D eigenvalue weighted by atomic mass is 79.9. The third-order valence-electron chi connectivity index (χ3n) is 2.70. The SMILES string of the molecule is CCn1cc[n+](C[C@@H]2CCCN2)c1.[Br-]. The van der Waals surface area contributed by atoms with Crippen LogP contribution in [0.5, 0.6) is 0 Å². The van der Waals surface area contributed by atoms with Gasteiger partial charge >= 0.3 is 0 Å². The molecule has 0 aromatic carbocycles. The predicted molar refractivity (Wildman–Crippen MR) is 51.3 cm³/mol. The zero-order chi connectivity index (χ0) is 9.10. The lowest BCUT2D eigenvalue weighted by atomic mass is 10.2. The first kappa shape index (κ1) is 11.7. The molecule has 0 bridgehead atoms. The van der Waals surface area contributed by atoms with E-state index in [1.807, 2.05) is 0 Å². The van der Waals surface area contributed by atoms with Crippen LogP contribution in [0.15, 0.2) is 18.7 Å². The van der Waals surface area contributed by atoms with Crippen molar-refractivity contribution < 1.29 is 21.5 Å². The Hall–Kier alpha value is -0.350. The standard InChI is InChI=1S/C10H18N3.BrH/c1-2-12-6-7-13(9-12)8-10-4-3-5-11-10;/h6-7,9-11H,2-5,8H2,1H3;1H/q+1;/p-1/t10-;/m0./s1. The van der Waals surface area contributed by atoms with E-state index in [1.165, 1.54) is 19.4 Å². The third-order valence-corrected chi connectivity index (χ3v) is 2.70. The Labute approximate surface area is 95.9 Å². The number of hydrogen-bond acceptors (Lipinski definition) is 1. The molecule has 4 heteroatoms. The number of aryl methyl sites for hydroxylation is 1. The van der Waals surface area contributed by atoms with Crippen molar-refractivity contribution in [1.29, 1.82) is 0 Å². The van der Waals surface area contributed by atoms with E-state index in [0.717, 1.165) is 13.1 Å². The van der Waals surface area contributed by atoms with Crippen LogP contribution in [0.1, 0.15) is 19.8 Å². The Balaban J connectivity index is 0.000000980. The van der Waals surface area contributed by atoms with E-state index in [4.69, 9.17) is 0 Å². The van der Waals surface area contributed by atoms with E-state index in [1.54, 1.807) is 0 Å². The van der Waals surface area contributed by atoms with Gasteiger partial charge in [-0.15, -0.1) is 0 Å². The molecule has 1 fully saturated rings. The molecule has 0 radical (unpaired) electrons. The van der Waals surface area contributed by atoms with Crippen LogP contribution in [0, 0.1) is 0 Å². The molecular weight excluding hydrogens is 242 g/mol. The average molecular weight is 260 g/mol. The van der Waals surface area contributed by atoms with Crippen molar-refractivity contribution in [2.75, 3.05) is 6.54 Å². The van der Waals surface area contributed by atoms with Crippen LogP contribution in [0.4, 0.5) is 0 Å². The molecule has 0 spiro atoms. The lowest BCUT2D eigenvalue weighted by Crippen LogP contribution is -3.00. The van der Waals surface area contributed by atoms with Crippen LogP contribution in [-0.2, 0) is 13.1 Å². The maximum atomic E-state index is 3.50. The molecule has 0 amide bonds. The first-order chi connectivity index (χ1) is 6.38. The van der Waals surface area contributed by atoms with Crippen molar-refractivity contribution in [3.8, 4) is 0 Å². The fourth-order valence-corrected chi connectivity index (χ4v) is 1.90. The van der Waals surface area contributed by atoms with Gasteiger partial charge in [0, 0.05) is 6.04 Å². The minimum Gasteiger partial charge on any atom is -1.00 e.